The molecule has 5 rings (SSSR count). The van der Waals surface area contributed by atoms with Gasteiger partial charge in [-0.05, 0) is 27.9 Å². The van der Waals surface area contributed by atoms with Gasteiger partial charge in [-0.15, -0.1) is 11.3 Å². The first-order chi connectivity index (χ1) is 12.3. The molecule has 0 aliphatic rings. The lowest BCUT2D eigenvalue weighted by atomic mass is 10.1. The Labute approximate surface area is 146 Å². The van der Waals surface area contributed by atoms with Gasteiger partial charge in [-0.3, -0.25) is 5.73 Å². The van der Waals surface area contributed by atoms with E-state index >= 15 is 0 Å². The maximum absolute atomic E-state index is 5.95. The van der Waals surface area contributed by atoms with E-state index < -0.39 is 0 Å². The zero-order valence-corrected chi connectivity index (χ0v) is 13.9. The average molecular weight is 348 g/mol. The first kappa shape index (κ1) is 14.2. The van der Waals surface area contributed by atoms with Crippen LogP contribution in [0.1, 0.15) is 4.88 Å². The van der Waals surface area contributed by atoms with Gasteiger partial charge in [0.25, 0.3) is 11.5 Å². The Hall–Kier alpha value is -3.19. The summed E-state index contributed by atoms with van der Waals surface area (Å²) < 4.78 is 7.20. The van der Waals surface area contributed by atoms with Crippen molar-refractivity contribution in [3.63, 3.8) is 0 Å². The van der Waals surface area contributed by atoms with Crippen LogP contribution in [0.25, 0.3) is 32.0 Å². The highest BCUT2D eigenvalue weighted by Crippen LogP contribution is 2.32. The summed E-state index contributed by atoms with van der Waals surface area (Å²) in [6.07, 6.45) is 1.57. The van der Waals surface area contributed by atoms with Gasteiger partial charge in [0.1, 0.15) is 6.61 Å². The number of fused-ring (bicyclic) bond motifs is 4. The van der Waals surface area contributed by atoms with Gasteiger partial charge in [0.15, 0.2) is 5.52 Å². The molecular weight excluding hydrogens is 334 g/mol. The molecule has 7 heteroatoms. The summed E-state index contributed by atoms with van der Waals surface area (Å²) in [4.78, 5) is 15.4. The molecule has 5 aromatic rings. The molecule has 0 saturated carbocycles. The molecule has 4 N–H and O–H groups in total. The quantitative estimate of drug-likeness (QED) is 0.523. The first-order valence-electron chi connectivity index (χ1n) is 7.83. The minimum atomic E-state index is 0.275. The number of thiophene rings is 1. The van der Waals surface area contributed by atoms with Gasteiger partial charge < -0.3 is 9.72 Å². The van der Waals surface area contributed by atoms with E-state index in [4.69, 9.17) is 10.5 Å². The summed E-state index contributed by atoms with van der Waals surface area (Å²) in [5.74, 6) is 0.819. The van der Waals surface area contributed by atoms with Gasteiger partial charge in [0.05, 0.1) is 6.33 Å². The van der Waals surface area contributed by atoms with Crippen LogP contribution in [0.3, 0.4) is 0 Å². The van der Waals surface area contributed by atoms with E-state index in [9.17, 15) is 0 Å². The molecule has 0 amide bonds. The van der Waals surface area contributed by atoms with Crippen LogP contribution in [0, 0.1) is 0 Å². The van der Waals surface area contributed by atoms with E-state index in [0.29, 0.717) is 23.7 Å². The number of ether oxygens (including phenoxy) is 1. The fourth-order valence-electron chi connectivity index (χ4n) is 3.03. The fraction of sp³-hybridized carbons (Fsp3) is 0.0556. The molecule has 0 aliphatic carbocycles. The molecule has 2 aromatic carbocycles. The molecular formula is C18H14N5OS+. The minimum Gasteiger partial charge on any atom is -0.461 e. The second-order valence-corrected chi connectivity index (χ2v) is 6.92. The largest absolute Gasteiger partial charge is 0.461 e. The number of hydrogen-bond donors (Lipinski definition) is 2. The zero-order valence-electron chi connectivity index (χ0n) is 13.1. The van der Waals surface area contributed by atoms with Crippen LogP contribution in [-0.4, -0.2) is 15.0 Å². The van der Waals surface area contributed by atoms with E-state index in [1.165, 1.54) is 20.9 Å². The van der Waals surface area contributed by atoms with Gasteiger partial charge in [0, 0.05) is 15.0 Å². The van der Waals surface area contributed by atoms with E-state index in [0.717, 1.165) is 4.88 Å². The lowest BCUT2D eigenvalue weighted by molar-refractivity contribution is -0.380. The predicted molar refractivity (Wildman–Crippen MR) is 98.5 cm³/mol. The van der Waals surface area contributed by atoms with E-state index in [1.807, 2.05) is 0 Å². The number of nitrogen functional groups attached to an aromatic ring is 1. The SMILES string of the molecule is Nc1nc2nc[nH]c2c(OCc2cc3c(ccc4ccccc43)s2)[nH+]1. The van der Waals surface area contributed by atoms with Crippen molar-refractivity contribution in [1.82, 2.24) is 15.0 Å². The number of imidazole rings is 1. The third-order valence-corrected chi connectivity index (χ3v) is 5.22. The van der Waals surface area contributed by atoms with Crippen molar-refractivity contribution in [3.8, 4) is 5.88 Å². The number of benzene rings is 2. The van der Waals surface area contributed by atoms with E-state index in [2.05, 4.69) is 62.4 Å². The molecule has 0 fully saturated rings. The molecule has 0 aliphatic heterocycles. The molecule has 3 aromatic heterocycles. The third kappa shape index (κ3) is 2.36. The molecule has 6 nitrogen and oxygen atoms in total. The zero-order chi connectivity index (χ0) is 16.8. The fourth-order valence-corrected chi connectivity index (χ4v) is 4.02. The van der Waals surface area contributed by atoms with Crippen LogP contribution in [-0.2, 0) is 6.61 Å². The molecule has 122 valence electrons. The highest BCUT2D eigenvalue weighted by atomic mass is 32.1. The minimum absolute atomic E-state index is 0.275. The molecule has 0 spiro atoms. The van der Waals surface area contributed by atoms with Crippen molar-refractivity contribution in [3.05, 3.63) is 53.7 Å². The Morgan fingerprint density at radius 2 is 2.08 bits per heavy atom. The number of hydrogen-bond acceptors (Lipinski definition) is 5. The van der Waals surface area contributed by atoms with Gasteiger partial charge in [-0.2, -0.15) is 0 Å². The van der Waals surface area contributed by atoms with Crippen LogP contribution < -0.4 is 15.5 Å². The highest BCUT2D eigenvalue weighted by Gasteiger charge is 2.15. The Morgan fingerprint density at radius 1 is 1.16 bits per heavy atom. The number of anilines is 1. The number of aromatic amines is 2. The van der Waals surface area contributed by atoms with Gasteiger partial charge in [0.2, 0.25) is 0 Å². The van der Waals surface area contributed by atoms with Crippen molar-refractivity contribution in [1.29, 1.82) is 0 Å². The van der Waals surface area contributed by atoms with Crippen LogP contribution in [0.2, 0.25) is 0 Å². The van der Waals surface area contributed by atoms with E-state index in [-0.39, 0.29) is 5.95 Å². The third-order valence-electron chi connectivity index (χ3n) is 4.15. The number of rotatable bonds is 3. The molecule has 0 bridgehead atoms. The Kier molecular flexibility index (Phi) is 3.07. The Morgan fingerprint density at radius 3 is 3.04 bits per heavy atom. The smallest absolute Gasteiger partial charge is 0.392 e. The van der Waals surface area contributed by atoms with Gasteiger partial charge in [-0.1, -0.05) is 30.3 Å². The monoisotopic (exact) mass is 348 g/mol. The molecule has 0 saturated heterocycles. The number of nitrogens with one attached hydrogen (secondary N) is 2. The maximum atomic E-state index is 5.95. The summed E-state index contributed by atoms with van der Waals surface area (Å²) in [6, 6.07) is 14.9. The topological polar surface area (TPSA) is 91.0 Å². The summed E-state index contributed by atoms with van der Waals surface area (Å²) in [5.41, 5.74) is 7.02. The van der Waals surface area contributed by atoms with Crippen LogP contribution >= 0.6 is 11.3 Å². The highest BCUT2D eigenvalue weighted by molar-refractivity contribution is 7.19. The number of nitrogens with zero attached hydrogens (tertiary/aromatic N) is 2. The normalized spacial score (nSPS) is 11.5. The average Bonchev–Trinajstić information content (AvgIpc) is 3.26. The van der Waals surface area contributed by atoms with Crippen molar-refractivity contribution < 1.29 is 9.72 Å². The Bertz CT molecular complexity index is 1230. The molecule has 0 unspecified atom stereocenters. The number of H-pyrrole nitrogens is 2. The first-order valence-corrected chi connectivity index (χ1v) is 8.64. The van der Waals surface area contributed by atoms with Crippen molar-refractivity contribution in [2.75, 3.05) is 5.73 Å². The Balaban J connectivity index is 1.51. The predicted octanol–water partition coefficient (Wildman–Crippen LogP) is 3.30. The van der Waals surface area contributed by atoms with Gasteiger partial charge in [-0.25, -0.2) is 9.97 Å². The molecule has 0 atom stereocenters. The second kappa shape index (κ2) is 5.42. The van der Waals surface area contributed by atoms with Crippen LogP contribution in [0.4, 0.5) is 5.95 Å². The lowest BCUT2D eigenvalue weighted by Crippen LogP contribution is -2.17. The maximum Gasteiger partial charge on any atom is 0.392 e. The standard InChI is InChI=1S/C18H13N5OS/c19-18-22-16-15(20-9-21-16)17(23-18)24-8-11-7-13-12-4-2-1-3-10(12)5-6-14(13)25-11/h1-7,9H,8H2,(H3,19,20,21,22,23)/p+1. The number of nitrogens with two attached hydrogens (primary N) is 1. The van der Waals surface area contributed by atoms with Crippen LogP contribution in [0.15, 0.2) is 48.8 Å². The summed E-state index contributed by atoms with van der Waals surface area (Å²) in [7, 11) is 0. The van der Waals surface area contributed by atoms with Gasteiger partial charge >= 0.3 is 5.95 Å². The van der Waals surface area contributed by atoms with Crippen LogP contribution in [0.5, 0.6) is 5.88 Å². The second-order valence-electron chi connectivity index (χ2n) is 5.75. The molecule has 3 heterocycles. The lowest BCUT2D eigenvalue weighted by Gasteiger charge is -2.02. The summed E-state index contributed by atoms with van der Waals surface area (Å²) in [5, 5.41) is 3.76. The summed E-state index contributed by atoms with van der Waals surface area (Å²) >= 11 is 1.73. The van der Waals surface area contributed by atoms with Crippen molar-refractivity contribution in [2.45, 2.75) is 6.61 Å². The molecule has 0 radical (unpaired) electrons. The summed E-state index contributed by atoms with van der Waals surface area (Å²) in [6.45, 7) is 0.446. The van der Waals surface area contributed by atoms with Crippen molar-refractivity contribution in [2.24, 2.45) is 0 Å². The van der Waals surface area contributed by atoms with E-state index in [1.54, 1.807) is 17.7 Å². The number of aromatic nitrogens is 4. The molecule has 25 heavy (non-hydrogen) atoms. The van der Waals surface area contributed by atoms with Crippen molar-refractivity contribution >= 4 is 49.3 Å².